The van der Waals surface area contributed by atoms with E-state index in [4.69, 9.17) is 4.98 Å². The first-order valence-electron chi connectivity index (χ1n) is 8.20. The average molecular weight is 273 g/mol. The Balaban J connectivity index is 1.66. The molecule has 0 radical (unpaired) electrons. The molecule has 1 saturated heterocycles. The Morgan fingerprint density at radius 1 is 1.35 bits per heavy atom. The van der Waals surface area contributed by atoms with E-state index in [1.807, 2.05) is 0 Å². The van der Waals surface area contributed by atoms with Crippen LogP contribution >= 0.6 is 0 Å². The largest absolute Gasteiger partial charge is 0.356 e. The topological polar surface area (TPSA) is 28.2 Å². The van der Waals surface area contributed by atoms with E-state index in [2.05, 4.69) is 36.3 Å². The molecule has 1 unspecified atom stereocenters. The van der Waals surface area contributed by atoms with Gasteiger partial charge in [-0.2, -0.15) is 0 Å². The molecule has 0 aromatic carbocycles. The summed E-state index contributed by atoms with van der Waals surface area (Å²) in [7, 11) is 0. The first-order valence-corrected chi connectivity index (χ1v) is 8.20. The number of nitrogens with one attached hydrogen (secondary N) is 1. The summed E-state index contributed by atoms with van der Waals surface area (Å²) in [5, 5.41) is 3.56. The van der Waals surface area contributed by atoms with Gasteiger partial charge in [-0.05, 0) is 55.7 Å². The predicted octanol–water partition coefficient (Wildman–Crippen LogP) is 3.27. The summed E-state index contributed by atoms with van der Waals surface area (Å²) in [4.78, 5) is 7.25. The van der Waals surface area contributed by atoms with Crippen LogP contribution in [0.2, 0.25) is 0 Å². The van der Waals surface area contributed by atoms with Crippen LogP contribution in [0, 0.1) is 12.8 Å². The molecule has 1 aromatic rings. The minimum absolute atomic E-state index is 0.766. The lowest BCUT2D eigenvalue weighted by Gasteiger charge is -2.34. The van der Waals surface area contributed by atoms with Gasteiger partial charge in [-0.1, -0.05) is 13.3 Å². The molecule has 3 rings (SSSR count). The Labute approximate surface area is 122 Å². The number of hydrogen-bond donors (Lipinski definition) is 1. The van der Waals surface area contributed by atoms with E-state index < -0.39 is 0 Å². The van der Waals surface area contributed by atoms with Gasteiger partial charge in [-0.15, -0.1) is 0 Å². The minimum Gasteiger partial charge on any atom is -0.356 e. The number of anilines is 1. The number of pyridine rings is 1. The first kappa shape index (κ1) is 13.9. The summed E-state index contributed by atoms with van der Waals surface area (Å²) in [5.74, 6) is 2.06. The highest BCUT2D eigenvalue weighted by Crippen LogP contribution is 2.26. The highest BCUT2D eigenvalue weighted by Gasteiger charge is 2.22. The number of nitrogens with zero attached hydrogens (tertiary/aromatic N) is 2. The molecule has 1 aliphatic carbocycles. The van der Waals surface area contributed by atoms with Gasteiger partial charge in [0.2, 0.25) is 0 Å². The number of hydrogen-bond acceptors (Lipinski definition) is 3. The average Bonchev–Trinajstić information content (AvgIpc) is 3.29. The van der Waals surface area contributed by atoms with Crippen LogP contribution in [0.1, 0.15) is 50.2 Å². The van der Waals surface area contributed by atoms with Gasteiger partial charge < -0.3 is 10.2 Å². The molecule has 3 nitrogen and oxygen atoms in total. The van der Waals surface area contributed by atoms with Gasteiger partial charge in [-0.25, -0.2) is 4.98 Å². The lowest BCUT2D eigenvalue weighted by Crippen LogP contribution is -2.36. The van der Waals surface area contributed by atoms with Crippen LogP contribution < -0.4 is 10.2 Å². The van der Waals surface area contributed by atoms with Crippen LogP contribution in [0.25, 0.3) is 0 Å². The van der Waals surface area contributed by atoms with E-state index in [1.54, 1.807) is 0 Å². The zero-order valence-corrected chi connectivity index (χ0v) is 12.9. The molecule has 2 fully saturated rings. The van der Waals surface area contributed by atoms with Crippen molar-refractivity contribution in [2.45, 2.75) is 58.5 Å². The summed E-state index contributed by atoms with van der Waals surface area (Å²) >= 11 is 0. The number of piperidine rings is 1. The van der Waals surface area contributed by atoms with E-state index in [-0.39, 0.29) is 0 Å². The third-order valence-electron chi connectivity index (χ3n) is 4.68. The van der Waals surface area contributed by atoms with Crippen molar-refractivity contribution in [2.24, 2.45) is 5.92 Å². The van der Waals surface area contributed by atoms with Gasteiger partial charge in [0.25, 0.3) is 0 Å². The fourth-order valence-electron chi connectivity index (χ4n) is 3.19. The van der Waals surface area contributed by atoms with Crippen LogP contribution in [-0.4, -0.2) is 24.1 Å². The fourth-order valence-corrected chi connectivity index (χ4v) is 3.19. The van der Waals surface area contributed by atoms with Crippen molar-refractivity contribution in [2.75, 3.05) is 18.0 Å². The van der Waals surface area contributed by atoms with Crippen molar-refractivity contribution < 1.29 is 0 Å². The van der Waals surface area contributed by atoms with E-state index in [0.29, 0.717) is 0 Å². The molecule has 1 aliphatic heterocycles. The van der Waals surface area contributed by atoms with Gasteiger partial charge in [0.1, 0.15) is 5.82 Å². The Hall–Kier alpha value is -1.09. The normalized spacial score (nSPS) is 23.1. The predicted molar refractivity (Wildman–Crippen MR) is 84.1 cm³/mol. The van der Waals surface area contributed by atoms with Crippen molar-refractivity contribution in [3.8, 4) is 0 Å². The summed E-state index contributed by atoms with van der Waals surface area (Å²) < 4.78 is 0. The molecule has 0 bridgehead atoms. The second-order valence-electron chi connectivity index (χ2n) is 6.50. The molecule has 0 spiro atoms. The van der Waals surface area contributed by atoms with Crippen molar-refractivity contribution in [1.82, 2.24) is 10.3 Å². The third-order valence-corrected chi connectivity index (χ3v) is 4.68. The van der Waals surface area contributed by atoms with Crippen LogP contribution in [0.5, 0.6) is 0 Å². The summed E-state index contributed by atoms with van der Waals surface area (Å²) in [6, 6.07) is 3.08. The van der Waals surface area contributed by atoms with Gasteiger partial charge in [0.15, 0.2) is 0 Å². The Morgan fingerprint density at radius 3 is 2.90 bits per heavy atom. The number of aromatic nitrogens is 1. The molecule has 20 heavy (non-hydrogen) atoms. The maximum absolute atomic E-state index is 4.75. The molecule has 0 amide bonds. The molecule has 1 aromatic heterocycles. The van der Waals surface area contributed by atoms with E-state index in [0.717, 1.165) is 18.5 Å². The SMILES string of the molecule is CCC1CCCN(c2ncc(CNC3CC3)cc2C)C1. The summed E-state index contributed by atoms with van der Waals surface area (Å²) in [6.07, 6.45) is 8.74. The molecule has 1 N–H and O–H groups in total. The van der Waals surface area contributed by atoms with Crippen molar-refractivity contribution in [3.63, 3.8) is 0 Å². The van der Waals surface area contributed by atoms with Gasteiger partial charge in [-0.3, -0.25) is 0 Å². The summed E-state index contributed by atoms with van der Waals surface area (Å²) in [6.45, 7) is 7.84. The Morgan fingerprint density at radius 2 is 2.20 bits per heavy atom. The lowest BCUT2D eigenvalue weighted by molar-refractivity contribution is 0.402. The van der Waals surface area contributed by atoms with Crippen LogP contribution in [0.3, 0.4) is 0 Å². The molecule has 3 heteroatoms. The minimum atomic E-state index is 0.766. The highest BCUT2D eigenvalue weighted by atomic mass is 15.2. The van der Waals surface area contributed by atoms with E-state index >= 15 is 0 Å². The maximum atomic E-state index is 4.75. The van der Waals surface area contributed by atoms with E-state index in [9.17, 15) is 0 Å². The quantitative estimate of drug-likeness (QED) is 0.892. The molecule has 110 valence electrons. The Bertz CT molecular complexity index is 454. The van der Waals surface area contributed by atoms with Crippen molar-refractivity contribution in [3.05, 3.63) is 23.4 Å². The second-order valence-corrected chi connectivity index (χ2v) is 6.50. The third kappa shape index (κ3) is 3.32. The molecule has 1 atom stereocenters. The van der Waals surface area contributed by atoms with E-state index in [1.165, 1.54) is 62.1 Å². The molecular weight excluding hydrogens is 246 g/mol. The molecule has 1 saturated carbocycles. The van der Waals surface area contributed by atoms with Crippen molar-refractivity contribution in [1.29, 1.82) is 0 Å². The fraction of sp³-hybridized carbons (Fsp3) is 0.706. The second kappa shape index (κ2) is 6.13. The van der Waals surface area contributed by atoms with Gasteiger partial charge in [0.05, 0.1) is 0 Å². The lowest BCUT2D eigenvalue weighted by atomic mass is 9.95. The zero-order chi connectivity index (χ0) is 13.9. The van der Waals surface area contributed by atoms with Gasteiger partial charge >= 0.3 is 0 Å². The summed E-state index contributed by atoms with van der Waals surface area (Å²) in [5.41, 5.74) is 2.65. The number of aryl methyl sites for hydroxylation is 1. The van der Waals surface area contributed by atoms with Crippen molar-refractivity contribution >= 4 is 5.82 Å². The maximum Gasteiger partial charge on any atom is 0.131 e. The monoisotopic (exact) mass is 273 g/mol. The zero-order valence-electron chi connectivity index (χ0n) is 12.9. The standard InChI is InChI=1S/C17H27N3/c1-3-14-5-4-8-20(12-14)17-13(2)9-15(11-19-17)10-18-16-6-7-16/h9,11,14,16,18H,3-8,10,12H2,1-2H3. The smallest absolute Gasteiger partial charge is 0.131 e. The first-order chi connectivity index (χ1) is 9.76. The van der Waals surface area contributed by atoms with Gasteiger partial charge in [0, 0.05) is 31.9 Å². The molecule has 2 aliphatic rings. The molecule has 2 heterocycles. The highest BCUT2D eigenvalue weighted by molar-refractivity contribution is 5.47. The van der Waals surface area contributed by atoms with Crippen LogP contribution in [0.4, 0.5) is 5.82 Å². The number of rotatable bonds is 5. The Kier molecular flexibility index (Phi) is 4.25. The molecular formula is C17H27N3. The van der Waals surface area contributed by atoms with Crippen LogP contribution in [-0.2, 0) is 6.54 Å². The van der Waals surface area contributed by atoms with Crippen LogP contribution in [0.15, 0.2) is 12.3 Å².